The molecular formula is C13H13F2N3. The van der Waals surface area contributed by atoms with Crippen molar-refractivity contribution < 1.29 is 8.78 Å². The van der Waals surface area contributed by atoms with Crippen LogP contribution >= 0.6 is 0 Å². The number of nitrogens with zero attached hydrogens (tertiary/aromatic N) is 2. The van der Waals surface area contributed by atoms with Crippen molar-refractivity contribution in [2.75, 3.05) is 11.9 Å². The minimum absolute atomic E-state index is 0.370. The summed E-state index contributed by atoms with van der Waals surface area (Å²) < 4.78 is 26.0. The number of rotatable bonds is 4. The molecule has 2 aromatic rings. The highest BCUT2D eigenvalue weighted by Gasteiger charge is 2.07. The van der Waals surface area contributed by atoms with Crippen molar-refractivity contribution in [3.8, 4) is 11.4 Å². The molecule has 0 saturated carbocycles. The van der Waals surface area contributed by atoms with E-state index in [0.717, 1.165) is 25.1 Å². The Morgan fingerprint density at radius 2 is 2.00 bits per heavy atom. The maximum Gasteiger partial charge on any atom is 0.161 e. The zero-order chi connectivity index (χ0) is 13.0. The first kappa shape index (κ1) is 12.4. The van der Waals surface area contributed by atoms with Crippen LogP contribution in [0.5, 0.6) is 0 Å². The first-order valence-electron chi connectivity index (χ1n) is 5.73. The number of anilines is 1. The van der Waals surface area contributed by atoms with E-state index in [0.29, 0.717) is 17.2 Å². The van der Waals surface area contributed by atoms with Gasteiger partial charge in [-0.3, -0.25) is 0 Å². The van der Waals surface area contributed by atoms with Gasteiger partial charge in [-0.15, -0.1) is 0 Å². The molecule has 0 aliphatic carbocycles. The lowest BCUT2D eigenvalue weighted by molar-refractivity contribution is 0.509. The average Bonchev–Trinajstić information content (AvgIpc) is 2.40. The van der Waals surface area contributed by atoms with Crippen molar-refractivity contribution in [2.45, 2.75) is 13.3 Å². The van der Waals surface area contributed by atoms with Crippen molar-refractivity contribution in [3.05, 3.63) is 42.1 Å². The van der Waals surface area contributed by atoms with Gasteiger partial charge < -0.3 is 5.32 Å². The van der Waals surface area contributed by atoms with E-state index in [1.54, 1.807) is 12.3 Å². The van der Waals surface area contributed by atoms with Crippen molar-refractivity contribution in [2.24, 2.45) is 0 Å². The lowest BCUT2D eigenvalue weighted by atomic mass is 10.2. The first-order chi connectivity index (χ1) is 8.70. The summed E-state index contributed by atoms with van der Waals surface area (Å²) in [6, 6.07) is 5.35. The van der Waals surface area contributed by atoms with Crippen molar-refractivity contribution >= 4 is 5.82 Å². The molecule has 0 atom stereocenters. The Kier molecular flexibility index (Phi) is 3.82. The van der Waals surface area contributed by atoms with Crippen LogP contribution in [0.4, 0.5) is 14.6 Å². The molecule has 0 bridgehead atoms. The van der Waals surface area contributed by atoms with Crippen LogP contribution in [0.1, 0.15) is 13.3 Å². The summed E-state index contributed by atoms with van der Waals surface area (Å²) in [6.45, 7) is 2.85. The molecule has 3 nitrogen and oxygen atoms in total. The molecule has 1 aromatic heterocycles. The highest BCUT2D eigenvalue weighted by atomic mass is 19.2. The molecule has 1 heterocycles. The van der Waals surface area contributed by atoms with Gasteiger partial charge in [0.15, 0.2) is 17.5 Å². The number of aromatic nitrogens is 2. The van der Waals surface area contributed by atoms with Crippen molar-refractivity contribution in [1.29, 1.82) is 0 Å². The van der Waals surface area contributed by atoms with Crippen LogP contribution in [-0.2, 0) is 0 Å². The van der Waals surface area contributed by atoms with Crippen LogP contribution in [0.25, 0.3) is 11.4 Å². The Labute approximate surface area is 104 Å². The lowest BCUT2D eigenvalue weighted by Gasteiger charge is -2.05. The van der Waals surface area contributed by atoms with E-state index >= 15 is 0 Å². The smallest absolute Gasteiger partial charge is 0.161 e. The zero-order valence-corrected chi connectivity index (χ0v) is 9.95. The quantitative estimate of drug-likeness (QED) is 0.903. The molecule has 1 aromatic carbocycles. The largest absolute Gasteiger partial charge is 0.370 e. The number of hydrogen-bond acceptors (Lipinski definition) is 3. The van der Waals surface area contributed by atoms with E-state index in [2.05, 4.69) is 15.3 Å². The Balaban J connectivity index is 2.29. The molecule has 5 heteroatoms. The molecule has 94 valence electrons. The predicted octanol–water partition coefficient (Wildman–Crippen LogP) is 3.24. The normalized spacial score (nSPS) is 10.4. The fourth-order valence-electron chi connectivity index (χ4n) is 1.48. The fraction of sp³-hybridized carbons (Fsp3) is 0.231. The maximum atomic E-state index is 13.1. The van der Waals surface area contributed by atoms with E-state index in [4.69, 9.17) is 0 Å². The van der Waals surface area contributed by atoms with E-state index in [1.165, 1.54) is 6.07 Å². The Hall–Kier alpha value is -2.04. The molecule has 0 amide bonds. The SMILES string of the molecule is CCCNc1ccnc(-c2ccc(F)c(F)c2)n1. The van der Waals surface area contributed by atoms with Gasteiger partial charge in [0.05, 0.1) is 0 Å². The summed E-state index contributed by atoms with van der Waals surface area (Å²) in [5.41, 5.74) is 0.453. The molecule has 0 aliphatic rings. The minimum atomic E-state index is -0.900. The molecule has 2 rings (SSSR count). The predicted molar refractivity (Wildman–Crippen MR) is 66.2 cm³/mol. The molecule has 0 unspecified atom stereocenters. The second-order valence-electron chi connectivity index (χ2n) is 3.82. The standard InChI is InChI=1S/C13H13F2N3/c1-2-6-16-12-5-7-17-13(18-12)9-3-4-10(14)11(15)8-9/h3-5,7-8H,2,6H2,1H3,(H,16,17,18). The molecule has 0 saturated heterocycles. The van der Waals surface area contributed by atoms with E-state index in [-0.39, 0.29) is 0 Å². The summed E-state index contributed by atoms with van der Waals surface area (Å²) in [5, 5.41) is 3.11. The van der Waals surface area contributed by atoms with Crippen LogP contribution in [-0.4, -0.2) is 16.5 Å². The summed E-state index contributed by atoms with van der Waals surface area (Å²) in [5.74, 6) is -0.733. The minimum Gasteiger partial charge on any atom is -0.370 e. The molecule has 18 heavy (non-hydrogen) atoms. The first-order valence-corrected chi connectivity index (χ1v) is 5.73. The number of hydrogen-bond donors (Lipinski definition) is 1. The highest BCUT2D eigenvalue weighted by Crippen LogP contribution is 2.18. The summed E-state index contributed by atoms with van der Waals surface area (Å²) in [7, 11) is 0. The summed E-state index contributed by atoms with van der Waals surface area (Å²) >= 11 is 0. The lowest BCUT2D eigenvalue weighted by Crippen LogP contribution is -2.03. The zero-order valence-electron chi connectivity index (χ0n) is 9.95. The van der Waals surface area contributed by atoms with Gasteiger partial charge in [0.2, 0.25) is 0 Å². The van der Waals surface area contributed by atoms with Crippen molar-refractivity contribution in [3.63, 3.8) is 0 Å². The fourth-order valence-corrected chi connectivity index (χ4v) is 1.48. The molecule has 1 N–H and O–H groups in total. The van der Waals surface area contributed by atoms with Crippen LogP contribution in [0.3, 0.4) is 0 Å². The van der Waals surface area contributed by atoms with Crippen molar-refractivity contribution in [1.82, 2.24) is 9.97 Å². The van der Waals surface area contributed by atoms with Crippen LogP contribution in [0.15, 0.2) is 30.5 Å². The molecule has 0 radical (unpaired) electrons. The second kappa shape index (κ2) is 5.53. The molecular weight excluding hydrogens is 236 g/mol. The monoisotopic (exact) mass is 249 g/mol. The van der Waals surface area contributed by atoms with Crippen LogP contribution in [0.2, 0.25) is 0 Å². The molecule has 0 fully saturated rings. The van der Waals surface area contributed by atoms with Gasteiger partial charge in [-0.05, 0) is 30.7 Å². The van der Waals surface area contributed by atoms with Gasteiger partial charge in [-0.25, -0.2) is 18.7 Å². The highest BCUT2D eigenvalue weighted by molar-refractivity contribution is 5.56. The third-order valence-corrected chi connectivity index (χ3v) is 2.39. The van der Waals surface area contributed by atoms with Gasteiger partial charge in [0.1, 0.15) is 5.82 Å². The summed E-state index contributed by atoms with van der Waals surface area (Å²) in [6.07, 6.45) is 2.56. The number of benzene rings is 1. The van der Waals surface area contributed by atoms with Gasteiger partial charge in [-0.1, -0.05) is 6.92 Å². The van der Waals surface area contributed by atoms with E-state index in [1.807, 2.05) is 6.92 Å². The van der Waals surface area contributed by atoms with E-state index < -0.39 is 11.6 Å². The third-order valence-electron chi connectivity index (χ3n) is 2.39. The summed E-state index contributed by atoms with van der Waals surface area (Å²) in [4.78, 5) is 8.29. The van der Waals surface area contributed by atoms with Gasteiger partial charge in [0.25, 0.3) is 0 Å². The molecule has 0 spiro atoms. The topological polar surface area (TPSA) is 37.8 Å². The Morgan fingerprint density at radius 1 is 1.17 bits per heavy atom. The van der Waals surface area contributed by atoms with Gasteiger partial charge >= 0.3 is 0 Å². The number of halogens is 2. The van der Waals surface area contributed by atoms with Gasteiger partial charge in [0, 0.05) is 18.3 Å². The third kappa shape index (κ3) is 2.80. The Bertz CT molecular complexity index is 544. The average molecular weight is 249 g/mol. The van der Waals surface area contributed by atoms with Gasteiger partial charge in [-0.2, -0.15) is 0 Å². The van der Waals surface area contributed by atoms with E-state index in [9.17, 15) is 8.78 Å². The maximum absolute atomic E-state index is 13.1. The van der Waals surface area contributed by atoms with Crippen LogP contribution < -0.4 is 5.32 Å². The Morgan fingerprint density at radius 3 is 2.72 bits per heavy atom. The second-order valence-corrected chi connectivity index (χ2v) is 3.82. The number of nitrogens with one attached hydrogen (secondary N) is 1. The van der Waals surface area contributed by atoms with Crippen LogP contribution in [0, 0.1) is 11.6 Å². The molecule has 0 aliphatic heterocycles.